The lowest BCUT2D eigenvalue weighted by atomic mass is 10.1. The Kier molecular flexibility index (Phi) is 3.00. The maximum absolute atomic E-state index is 13.5. The second-order valence-electron chi connectivity index (χ2n) is 5.09. The second-order valence-corrected chi connectivity index (χ2v) is 5.09. The number of halogens is 1. The zero-order valence-electron chi connectivity index (χ0n) is 9.76. The number of nitrogens with one attached hydrogen (secondary N) is 1. The molecule has 16 heavy (non-hydrogen) atoms. The van der Waals surface area contributed by atoms with Gasteiger partial charge in [0.05, 0.1) is 5.60 Å². The van der Waals surface area contributed by atoms with E-state index in [9.17, 15) is 9.50 Å². The van der Waals surface area contributed by atoms with Crippen LogP contribution in [0, 0.1) is 5.82 Å². The number of fused-ring (bicyclic) bond motifs is 1. The van der Waals surface area contributed by atoms with E-state index in [1.807, 2.05) is 6.07 Å². The van der Waals surface area contributed by atoms with Gasteiger partial charge in [0.25, 0.3) is 0 Å². The molecule has 1 atom stereocenters. The summed E-state index contributed by atoms with van der Waals surface area (Å²) in [6, 6.07) is 5.40. The lowest BCUT2D eigenvalue weighted by molar-refractivity contribution is 0.0764. The summed E-state index contributed by atoms with van der Waals surface area (Å²) in [5.41, 5.74) is 1.15. The first-order valence-corrected chi connectivity index (χ1v) is 5.70. The lowest BCUT2D eigenvalue weighted by Gasteiger charge is -2.22. The Hall–Kier alpha value is -0.930. The van der Waals surface area contributed by atoms with E-state index in [1.165, 1.54) is 6.07 Å². The summed E-state index contributed by atoms with van der Waals surface area (Å²) in [4.78, 5) is 0. The first-order valence-electron chi connectivity index (χ1n) is 5.70. The predicted octanol–water partition coefficient (Wildman–Crippen LogP) is 2.17. The molecule has 0 spiro atoms. The summed E-state index contributed by atoms with van der Waals surface area (Å²) in [6.07, 6.45) is 1.69. The predicted molar refractivity (Wildman–Crippen MR) is 61.8 cm³/mol. The highest BCUT2D eigenvalue weighted by Crippen LogP contribution is 2.32. The lowest BCUT2D eigenvalue weighted by Crippen LogP contribution is -2.36. The molecule has 2 nitrogen and oxygen atoms in total. The Bertz CT molecular complexity index is 384. The van der Waals surface area contributed by atoms with E-state index in [2.05, 4.69) is 5.32 Å². The van der Waals surface area contributed by atoms with Crippen molar-refractivity contribution in [2.75, 3.05) is 6.54 Å². The van der Waals surface area contributed by atoms with Gasteiger partial charge in [-0.1, -0.05) is 12.1 Å². The highest BCUT2D eigenvalue weighted by Gasteiger charge is 2.25. The molecule has 88 valence electrons. The molecular formula is C13H18FNO. The molecule has 0 bridgehead atoms. The Labute approximate surface area is 95.5 Å². The fraction of sp³-hybridized carbons (Fsp3) is 0.538. The van der Waals surface area contributed by atoms with Crippen molar-refractivity contribution in [3.8, 4) is 0 Å². The van der Waals surface area contributed by atoms with Crippen LogP contribution in [0.25, 0.3) is 0 Å². The molecule has 0 radical (unpaired) electrons. The third-order valence-corrected chi connectivity index (χ3v) is 2.99. The molecule has 0 saturated heterocycles. The van der Waals surface area contributed by atoms with Gasteiger partial charge in [-0.2, -0.15) is 0 Å². The maximum Gasteiger partial charge on any atom is 0.126 e. The van der Waals surface area contributed by atoms with Crippen molar-refractivity contribution in [3.63, 3.8) is 0 Å². The monoisotopic (exact) mass is 223 g/mol. The van der Waals surface area contributed by atoms with Gasteiger partial charge >= 0.3 is 0 Å². The van der Waals surface area contributed by atoms with Crippen LogP contribution in [0.1, 0.15) is 37.4 Å². The highest BCUT2D eigenvalue weighted by molar-refractivity contribution is 5.35. The number of hydrogen-bond donors (Lipinski definition) is 2. The van der Waals surface area contributed by atoms with Crippen molar-refractivity contribution >= 4 is 0 Å². The zero-order chi connectivity index (χ0) is 11.8. The van der Waals surface area contributed by atoms with E-state index < -0.39 is 5.60 Å². The van der Waals surface area contributed by atoms with E-state index in [1.54, 1.807) is 19.9 Å². The summed E-state index contributed by atoms with van der Waals surface area (Å²) in [6.45, 7) is 4.05. The molecule has 1 aromatic rings. The molecule has 1 aliphatic carbocycles. The molecule has 1 unspecified atom stereocenters. The van der Waals surface area contributed by atoms with E-state index in [0.717, 1.165) is 24.0 Å². The topological polar surface area (TPSA) is 32.3 Å². The smallest absolute Gasteiger partial charge is 0.126 e. The Morgan fingerprint density at radius 3 is 2.94 bits per heavy atom. The molecule has 1 aromatic carbocycles. The van der Waals surface area contributed by atoms with Gasteiger partial charge in [0, 0.05) is 12.6 Å². The molecule has 0 aromatic heterocycles. The van der Waals surface area contributed by atoms with Crippen molar-refractivity contribution in [2.45, 2.75) is 38.3 Å². The Balaban J connectivity index is 2.09. The largest absolute Gasteiger partial charge is 0.389 e. The molecule has 0 fully saturated rings. The van der Waals surface area contributed by atoms with Crippen molar-refractivity contribution in [2.24, 2.45) is 0 Å². The molecule has 0 amide bonds. The second kappa shape index (κ2) is 4.15. The van der Waals surface area contributed by atoms with Crippen molar-refractivity contribution in [1.82, 2.24) is 5.32 Å². The normalized spacial score (nSPS) is 19.9. The molecule has 3 heteroatoms. The average Bonchev–Trinajstić information content (AvgIpc) is 2.58. The van der Waals surface area contributed by atoms with Gasteiger partial charge in [0.2, 0.25) is 0 Å². The zero-order valence-corrected chi connectivity index (χ0v) is 9.76. The van der Waals surface area contributed by atoms with Crippen LogP contribution in [0.2, 0.25) is 0 Å². The van der Waals surface area contributed by atoms with Gasteiger partial charge in [-0.15, -0.1) is 0 Å². The number of hydrogen-bond acceptors (Lipinski definition) is 2. The number of rotatable bonds is 3. The molecule has 2 rings (SSSR count). The van der Waals surface area contributed by atoms with Crippen LogP contribution in [0.15, 0.2) is 18.2 Å². The molecular weight excluding hydrogens is 205 g/mol. The summed E-state index contributed by atoms with van der Waals surface area (Å²) in [5.74, 6) is -0.106. The number of benzene rings is 1. The van der Waals surface area contributed by atoms with Gasteiger partial charge < -0.3 is 10.4 Å². The molecule has 2 N–H and O–H groups in total. The summed E-state index contributed by atoms with van der Waals surface area (Å²) >= 11 is 0. The third kappa shape index (κ3) is 2.42. The van der Waals surface area contributed by atoms with E-state index in [-0.39, 0.29) is 11.9 Å². The van der Waals surface area contributed by atoms with Gasteiger partial charge in [-0.3, -0.25) is 0 Å². The Morgan fingerprint density at radius 2 is 2.25 bits per heavy atom. The van der Waals surface area contributed by atoms with Crippen LogP contribution in [-0.4, -0.2) is 17.3 Å². The van der Waals surface area contributed by atoms with Crippen molar-refractivity contribution in [1.29, 1.82) is 0 Å². The van der Waals surface area contributed by atoms with Gasteiger partial charge in [-0.25, -0.2) is 4.39 Å². The minimum Gasteiger partial charge on any atom is -0.389 e. The summed E-state index contributed by atoms with van der Waals surface area (Å²) < 4.78 is 13.5. The Morgan fingerprint density at radius 1 is 1.50 bits per heavy atom. The third-order valence-electron chi connectivity index (χ3n) is 2.99. The summed E-state index contributed by atoms with van der Waals surface area (Å²) in [5, 5.41) is 12.9. The fourth-order valence-electron chi connectivity index (χ4n) is 2.19. The van der Waals surface area contributed by atoms with Crippen LogP contribution >= 0.6 is 0 Å². The van der Waals surface area contributed by atoms with Crippen LogP contribution < -0.4 is 5.32 Å². The van der Waals surface area contributed by atoms with Crippen LogP contribution in [0.3, 0.4) is 0 Å². The van der Waals surface area contributed by atoms with E-state index >= 15 is 0 Å². The van der Waals surface area contributed by atoms with Crippen LogP contribution in [0.4, 0.5) is 4.39 Å². The number of aliphatic hydroxyl groups is 1. The average molecular weight is 223 g/mol. The molecule has 0 aliphatic heterocycles. The van der Waals surface area contributed by atoms with Gasteiger partial charge in [0.15, 0.2) is 0 Å². The first-order chi connectivity index (χ1) is 7.47. The summed E-state index contributed by atoms with van der Waals surface area (Å²) in [7, 11) is 0. The molecule has 1 aliphatic rings. The van der Waals surface area contributed by atoms with Crippen molar-refractivity contribution < 1.29 is 9.50 Å². The van der Waals surface area contributed by atoms with Crippen LogP contribution in [0.5, 0.6) is 0 Å². The molecule has 0 heterocycles. The van der Waals surface area contributed by atoms with E-state index in [0.29, 0.717) is 6.54 Å². The first kappa shape index (κ1) is 11.6. The highest BCUT2D eigenvalue weighted by atomic mass is 19.1. The minimum atomic E-state index is -0.726. The SMILES string of the molecule is CC(C)(O)CNC1CCc2c(F)cccc21. The standard InChI is InChI=1S/C13H18FNO/c1-13(2,16)8-15-12-7-6-9-10(12)4-3-5-11(9)14/h3-5,12,15-16H,6-8H2,1-2H3. The van der Waals surface area contributed by atoms with E-state index in [4.69, 9.17) is 0 Å². The van der Waals surface area contributed by atoms with Crippen molar-refractivity contribution in [3.05, 3.63) is 35.1 Å². The van der Waals surface area contributed by atoms with Crippen LogP contribution in [-0.2, 0) is 6.42 Å². The fourth-order valence-corrected chi connectivity index (χ4v) is 2.19. The maximum atomic E-state index is 13.5. The van der Waals surface area contributed by atoms with Gasteiger partial charge in [-0.05, 0) is 43.9 Å². The quantitative estimate of drug-likeness (QED) is 0.823. The molecule has 0 saturated carbocycles. The van der Waals surface area contributed by atoms with Gasteiger partial charge in [0.1, 0.15) is 5.82 Å². The minimum absolute atomic E-state index is 0.106.